The van der Waals surface area contributed by atoms with E-state index >= 15 is 0 Å². The molecular weight excluding hydrogens is 380 g/mol. The molecule has 0 aliphatic carbocycles. The third kappa shape index (κ3) is 3.76. The number of aromatic nitrogens is 2. The van der Waals surface area contributed by atoms with Crippen molar-refractivity contribution in [2.24, 2.45) is 0 Å². The highest BCUT2D eigenvalue weighted by Gasteiger charge is 2.14. The summed E-state index contributed by atoms with van der Waals surface area (Å²) in [6.45, 7) is 2.00. The van der Waals surface area contributed by atoms with Gasteiger partial charge < -0.3 is 10.1 Å². The van der Waals surface area contributed by atoms with Crippen LogP contribution in [-0.2, 0) is 0 Å². The zero-order chi connectivity index (χ0) is 18.8. The lowest BCUT2D eigenvalue weighted by molar-refractivity contribution is 0.102. The molecule has 136 valence electrons. The minimum absolute atomic E-state index is 0.283. The highest BCUT2D eigenvalue weighted by atomic mass is 32.1. The molecule has 0 aliphatic rings. The summed E-state index contributed by atoms with van der Waals surface area (Å²) in [4.78, 5) is 21.3. The first-order chi connectivity index (χ1) is 13.1. The van der Waals surface area contributed by atoms with Crippen LogP contribution in [0.25, 0.3) is 10.2 Å². The number of carbonyl (C=O) groups is 1. The molecule has 0 aliphatic heterocycles. The van der Waals surface area contributed by atoms with Crippen LogP contribution < -0.4 is 15.4 Å². The number of ether oxygens (including phenoxy) is 1. The molecule has 0 fully saturated rings. The van der Waals surface area contributed by atoms with Gasteiger partial charge in [0.1, 0.15) is 11.4 Å². The zero-order valence-electron chi connectivity index (χ0n) is 14.6. The zero-order valence-corrected chi connectivity index (χ0v) is 16.3. The maximum Gasteiger partial charge on any atom is 0.276 e. The fourth-order valence-electron chi connectivity index (χ4n) is 2.56. The number of aryl methyl sites for hydroxylation is 1. The smallest absolute Gasteiger partial charge is 0.276 e. The van der Waals surface area contributed by atoms with Gasteiger partial charge in [-0.25, -0.2) is 9.97 Å². The van der Waals surface area contributed by atoms with Gasteiger partial charge in [0.25, 0.3) is 5.91 Å². The summed E-state index contributed by atoms with van der Waals surface area (Å²) in [5, 5.41) is 8.92. The number of benzene rings is 2. The molecular formula is C19H16N4O2S2. The summed E-state index contributed by atoms with van der Waals surface area (Å²) >= 11 is 2.79. The van der Waals surface area contributed by atoms with Crippen LogP contribution in [0.15, 0.2) is 47.8 Å². The molecule has 2 aromatic heterocycles. The Morgan fingerprint density at radius 2 is 1.96 bits per heavy atom. The third-order valence-electron chi connectivity index (χ3n) is 3.85. The average molecular weight is 396 g/mol. The van der Waals surface area contributed by atoms with Crippen molar-refractivity contribution in [1.82, 2.24) is 9.97 Å². The van der Waals surface area contributed by atoms with E-state index < -0.39 is 0 Å². The molecule has 4 rings (SSSR count). The van der Waals surface area contributed by atoms with Crippen LogP contribution in [0, 0.1) is 6.92 Å². The van der Waals surface area contributed by atoms with Crippen LogP contribution in [0.2, 0.25) is 0 Å². The van der Waals surface area contributed by atoms with Crippen LogP contribution in [-0.4, -0.2) is 23.0 Å². The minimum Gasteiger partial charge on any atom is -0.495 e. The van der Waals surface area contributed by atoms with Crippen molar-refractivity contribution in [3.8, 4) is 5.75 Å². The number of nitrogens with zero attached hydrogens (tertiary/aromatic N) is 2. The number of hydrogen-bond acceptors (Lipinski definition) is 7. The number of amides is 1. The van der Waals surface area contributed by atoms with E-state index in [0.29, 0.717) is 16.0 Å². The molecule has 0 unspecified atom stereocenters. The molecule has 0 saturated heterocycles. The summed E-state index contributed by atoms with van der Waals surface area (Å²) < 4.78 is 6.39. The second kappa shape index (κ2) is 7.34. The Kier molecular flexibility index (Phi) is 4.74. The van der Waals surface area contributed by atoms with E-state index in [2.05, 4.69) is 20.6 Å². The molecule has 0 atom stereocenters. The molecule has 2 heterocycles. The van der Waals surface area contributed by atoms with E-state index in [1.54, 1.807) is 12.5 Å². The Morgan fingerprint density at radius 1 is 1.11 bits per heavy atom. The van der Waals surface area contributed by atoms with Crippen molar-refractivity contribution in [3.05, 3.63) is 59.1 Å². The fraction of sp³-hybridized carbons (Fsp3) is 0.105. The molecule has 2 N–H and O–H groups in total. The molecule has 8 heteroatoms. The predicted octanol–water partition coefficient (Wildman–Crippen LogP) is 5.07. The lowest BCUT2D eigenvalue weighted by Crippen LogP contribution is -2.12. The lowest BCUT2D eigenvalue weighted by atomic mass is 10.2. The quantitative estimate of drug-likeness (QED) is 0.493. The van der Waals surface area contributed by atoms with E-state index in [9.17, 15) is 4.79 Å². The van der Waals surface area contributed by atoms with E-state index in [1.165, 1.54) is 22.7 Å². The van der Waals surface area contributed by atoms with Gasteiger partial charge in [0.2, 0.25) is 0 Å². The Labute approximate surface area is 163 Å². The van der Waals surface area contributed by atoms with Gasteiger partial charge in [-0.2, -0.15) is 0 Å². The van der Waals surface area contributed by atoms with Gasteiger partial charge in [-0.15, -0.1) is 11.3 Å². The number of para-hydroxylation sites is 1. The van der Waals surface area contributed by atoms with Crippen LogP contribution in [0.4, 0.5) is 16.0 Å². The molecule has 6 nitrogen and oxygen atoms in total. The van der Waals surface area contributed by atoms with Gasteiger partial charge in [0.15, 0.2) is 10.3 Å². The van der Waals surface area contributed by atoms with Crippen molar-refractivity contribution in [2.75, 3.05) is 17.7 Å². The average Bonchev–Trinajstić information content (AvgIpc) is 3.28. The topological polar surface area (TPSA) is 76.1 Å². The van der Waals surface area contributed by atoms with Crippen molar-refractivity contribution in [2.45, 2.75) is 6.92 Å². The second-order valence-electron chi connectivity index (χ2n) is 5.81. The van der Waals surface area contributed by atoms with E-state index in [-0.39, 0.29) is 5.91 Å². The number of hydrogen-bond donors (Lipinski definition) is 2. The first-order valence-electron chi connectivity index (χ1n) is 8.16. The van der Waals surface area contributed by atoms with Crippen LogP contribution >= 0.6 is 22.7 Å². The van der Waals surface area contributed by atoms with Gasteiger partial charge >= 0.3 is 0 Å². The van der Waals surface area contributed by atoms with E-state index in [1.807, 2.05) is 49.4 Å². The largest absolute Gasteiger partial charge is 0.495 e. The highest BCUT2D eigenvalue weighted by Crippen LogP contribution is 2.30. The Balaban J connectivity index is 1.50. The van der Waals surface area contributed by atoms with Crippen LogP contribution in [0.3, 0.4) is 0 Å². The summed E-state index contributed by atoms with van der Waals surface area (Å²) in [6, 6.07) is 13.6. The molecule has 27 heavy (non-hydrogen) atoms. The Hall–Kier alpha value is -2.97. The van der Waals surface area contributed by atoms with Crippen LogP contribution in [0.1, 0.15) is 16.1 Å². The van der Waals surface area contributed by atoms with Gasteiger partial charge in [-0.05, 0) is 36.8 Å². The maximum absolute atomic E-state index is 12.5. The van der Waals surface area contributed by atoms with Gasteiger partial charge in [-0.3, -0.25) is 10.1 Å². The SMILES string of the molecule is COc1ccc(C)cc1Nc1nc(C(=O)Nc2nc3ccccc3s2)cs1. The van der Waals surface area contributed by atoms with Gasteiger partial charge in [0, 0.05) is 5.38 Å². The Morgan fingerprint density at radius 3 is 2.78 bits per heavy atom. The monoisotopic (exact) mass is 396 g/mol. The summed E-state index contributed by atoms with van der Waals surface area (Å²) in [7, 11) is 1.62. The van der Waals surface area contributed by atoms with E-state index in [4.69, 9.17) is 4.74 Å². The number of fused-ring (bicyclic) bond motifs is 1. The number of anilines is 3. The predicted molar refractivity (Wildman–Crippen MR) is 111 cm³/mol. The number of methoxy groups -OCH3 is 1. The lowest BCUT2D eigenvalue weighted by Gasteiger charge is -2.09. The first kappa shape index (κ1) is 17.4. The minimum atomic E-state index is -0.283. The van der Waals surface area contributed by atoms with Crippen molar-refractivity contribution >= 4 is 54.7 Å². The summed E-state index contributed by atoms with van der Waals surface area (Å²) in [5.41, 5.74) is 3.12. The molecule has 0 radical (unpaired) electrons. The van der Waals surface area contributed by atoms with Gasteiger partial charge in [-0.1, -0.05) is 29.5 Å². The molecule has 1 amide bonds. The summed E-state index contributed by atoms with van der Waals surface area (Å²) in [5.74, 6) is 0.436. The second-order valence-corrected chi connectivity index (χ2v) is 7.70. The number of rotatable bonds is 5. The van der Waals surface area contributed by atoms with Crippen molar-refractivity contribution in [3.63, 3.8) is 0 Å². The molecule has 2 aromatic carbocycles. The third-order valence-corrected chi connectivity index (χ3v) is 5.56. The van der Waals surface area contributed by atoms with Crippen molar-refractivity contribution < 1.29 is 9.53 Å². The number of thiazole rings is 2. The van der Waals surface area contributed by atoms with Gasteiger partial charge in [0.05, 0.1) is 23.0 Å². The number of nitrogens with one attached hydrogen (secondary N) is 2. The standard InChI is InChI=1S/C19H16N4O2S2/c1-11-7-8-15(25-2)13(9-11)21-18-22-14(10-26-18)17(24)23-19-20-12-5-3-4-6-16(12)27-19/h3-10H,1-2H3,(H,21,22)(H,20,23,24). The van der Waals surface area contributed by atoms with Crippen LogP contribution in [0.5, 0.6) is 5.75 Å². The molecule has 0 saturated carbocycles. The highest BCUT2D eigenvalue weighted by molar-refractivity contribution is 7.22. The van der Waals surface area contributed by atoms with E-state index in [0.717, 1.165) is 27.2 Å². The molecule has 0 spiro atoms. The molecule has 4 aromatic rings. The summed E-state index contributed by atoms with van der Waals surface area (Å²) in [6.07, 6.45) is 0. The Bertz CT molecular complexity index is 1090. The fourth-order valence-corrected chi connectivity index (χ4v) is 4.12. The molecule has 0 bridgehead atoms. The normalized spacial score (nSPS) is 10.7. The number of carbonyl (C=O) groups excluding carboxylic acids is 1. The first-order valence-corrected chi connectivity index (χ1v) is 9.86. The maximum atomic E-state index is 12.5. The van der Waals surface area contributed by atoms with Crippen molar-refractivity contribution in [1.29, 1.82) is 0 Å².